The molecule has 80 valence electrons. The lowest BCUT2D eigenvalue weighted by Gasteiger charge is -2.17. The molecule has 0 aromatic rings. The van der Waals surface area contributed by atoms with Gasteiger partial charge in [-0.2, -0.15) is 0 Å². The van der Waals surface area contributed by atoms with Gasteiger partial charge in [0.05, 0.1) is 12.2 Å². The highest BCUT2D eigenvalue weighted by atomic mass is 16.3. The van der Waals surface area contributed by atoms with Crippen molar-refractivity contribution in [3.05, 3.63) is 0 Å². The molecule has 0 saturated carbocycles. The predicted octanol–water partition coefficient (Wildman–Crippen LogP) is 2.19. The summed E-state index contributed by atoms with van der Waals surface area (Å²) < 4.78 is 0. The summed E-state index contributed by atoms with van der Waals surface area (Å²) in [6.07, 6.45) is 2.11. The lowest BCUT2D eigenvalue weighted by Crippen LogP contribution is -2.18. The summed E-state index contributed by atoms with van der Waals surface area (Å²) in [5.41, 5.74) is 0. The highest BCUT2D eigenvalue weighted by molar-refractivity contribution is 4.64. The zero-order valence-corrected chi connectivity index (χ0v) is 9.33. The Hall–Kier alpha value is -0.0800. The average molecular weight is 188 g/mol. The van der Waals surface area contributed by atoms with Crippen LogP contribution in [0.1, 0.15) is 47.0 Å². The van der Waals surface area contributed by atoms with Gasteiger partial charge >= 0.3 is 0 Å². The van der Waals surface area contributed by atoms with E-state index in [2.05, 4.69) is 0 Å². The SMILES string of the molecule is CC(C)C(O)CCCC(O)C(C)C. The molecular formula is C11H24O2. The lowest BCUT2D eigenvalue weighted by atomic mass is 9.97. The third kappa shape index (κ3) is 6.05. The summed E-state index contributed by atoms with van der Waals surface area (Å²) >= 11 is 0. The van der Waals surface area contributed by atoms with Gasteiger partial charge in [0, 0.05) is 0 Å². The average Bonchev–Trinajstić information content (AvgIpc) is 2.03. The van der Waals surface area contributed by atoms with Crippen molar-refractivity contribution in [1.29, 1.82) is 0 Å². The maximum Gasteiger partial charge on any atom is 0.0563 e. The van der Waals surface area contributed by atoms with Crippen molar-refractivity contribution >= 4 is 0 Å². The second-order valence-electron chi connectivity index (χ2n) is 4.55. The molecule has 0 bridgehead atoms. The number of hydrogen-bond acceptors (Lipinski definition) is 2. The van der Waals surface area contributed by atoms with Crippen molar-refractivity contribution in [3.8, 4) is 0 Å². The van der Waals surface area contributed by atoms with Crippen LogP contribution in [0.3, 0.4) is 0 Å². The van der Waals surface area contributed by atoms with Crippen molar-refractivity contribution in [2.45, 2.75) is 59.2 Å². The summed E-state index contributed by atoms with van der Waals surface area (Å²) in [6, 6.07) is 0. The second kappa shape index (κ2) is 6.39. The second-order valence-corrected chi connectivity index (χ2v) is 4.55. The van der Waals surface area contributed by atoms with Crippen LogP contribution in [0.25, 0.3) is 0 Å². The van der Waals surface area contributed by atoms with Crippen LogP contribution >= 0.6 is 0 Å². The van der Waals surface area contributed by atoms with Gasteiger partial charge in [-0.1, -0.05) is 27.7 Å². The van der Waals surface area contributed by atoms with Crippen molar-refractivity contribution in [1.82, 2.24) is 0 Å². The molecule has 0 radical (unpaired) electrons. The molecule has 0 rings (SSSR count). The topological polar surface area (TPSA) is 40.5 Å². The fraction of sp³-hybridized carbons (Fsp3) is 1.00. The molecule has 0 spiro atoms. The van der Waals surface area contributed by atoms with E-state index in [9.17, 15) is 10.2 Å². The summed E-state index contributed by atoms with van der Waals surface area (Å²) in [5, 5.41) is 19.0. The molecule has 0 saturated heterocycles. The molecule has 2 N–H and O–H groups in total. The molecule has 0 aliphatic carbocycles. The van der Waals surface area contributed by atoms with E-state index in [1.165, 1.54) is 0 Å². The molecule has 0 aromatic carbocycles. The van der Waals surface area contributed by atoms with Gasteiger partial charge in [0.15, 0.2) is 0 Å². The smallest absolute Gasteiger partial charge is 0.0563 e. The molecule has 0 heterocycles. The van der Waals surface area contributed by atoms with E-state index in [-0.39, 0.29) is 12.2 Å². The first-order valence-corrected chi connectivity index (χ1v) is 5.31. The zero-order valence-electron chi connectivity index (χ0n) is 9.33. The van der Waals surface area contributed by atoms with Crippen LogP contribution in [-0.4, -0.2) is 22.4 Å². The normalized spacial score (nSPS) is 16.6. The van der Waals surface area contributed by atoms with E-state index in [1.54, 1.807) is 0 Å². The zero-order chi connectivity index (χ0) is 10.4. The third-order valence-corrected chi connectivity index (χ3v) is 2.54. The molecule has 0 aliphatic heterocycles. The fourth-order valence-corrected chi connectivity index (χ4v) is 1.20. The van der Waals surface area contributed by atoms with Gasteiger partial charge in [0.25, 0.3) is 0 Å². The van der Waals surface area contributed by atoms with Gasteiger partial charge < -0.3 is 10.2 Å². The van der Waals surface area contributed by atoms with Crippen LogP contribution in [0.5, 0.6) is 0 Å². The van der Waals surface area contributed by atoms with Crippen LogP contribution in [0.2, 0.25) is 0 Å². The molecule has 0 fully saturated rings. The fourth-order valence-electron chi connectivity index (χ4n) is 1.20. The number of hydrogen-bond donors (Lipinski definition) is 2. The molecule has 2 atom stereocenters. The van der Waals surface area contributed by atoms with E-state index < -0.39 is 0 Å². The minimum absolute atomic E-state index is 0.209. The molecule has 2 nitrogen and oxygen atoms in total. The summed E-state index contributed by atoms with van der Waals surface area (Å²) in [4.78, 5) is 0. The molecule has 2 heteroatoms. The predicted molar refractivity (Wildman–Crippen MR) is 55.5 cm³/mol. The summed E-state index contributed by atoms with van der Waals surface area (Å²) in [5.74, 6) is 0.660. The summed E-state index contributed by atoms with van der Waals surface area (Å²) in [6.45, 7) is 8.07. The van der Waals surface area contributed by atoms with Crippen molar-refractivity contribution in [2.75, 3.05) is 0 Å². The first-order chi connectivity index (χ1) is 5.95. The quantitative estimate of drug-likeness (QED) is 0.671. The highest BCUT2D eigenvalue weighted by Gasteiger charge is 2.12. The molecule has 13 heavy (non-hydrogen) atoms. The van der Waals surface area contributed by atoms with E-state index in [1.807, 2.05) is 27.7 Å². The van der Waals surface area contributed by atoms with Crippen molar-refractivity contribution < 1.29 is 10.2 Å². The van der Waals surface area contributed by atoms with E-state index in [4.69, 9.17) is 0 Å². The lowest BCUT2D eigenvalue weighted by molar-refractivity contribution is 0.0876. The van der Waals surface area contributed by atoms with Crippen LogP contribution in [0.4, 0.5) is 0 Å². The Morgan fingerprint density at radius 2 is 1.08 bits per heavy atom. The molecule has 0 aromatic heterocycles. The Morgan fingerprint density at radius 3 is 1.31 bits per heavy atom. The standard InChI is InChI=1S/C11H24O2/c1-8(2)10(12)6-5-7-11(13)9(3)4/h8-13H,5-7H2,1-4H3. The van der Waals surface area contributed by atoms with Gasteiger partial charge in [-0.3, -0.25) is 0 Å². The maximum absolute atomic E-state index is 9.50. The van der Waals surface area contributed by atoms with Gasteiger partial charge in [-0.05, 0) is 31.1 Å². The summed E-state index contributed by atoms with van der Waals surface area (Å²) in [7, 11) is 0. The van der Waals surface area contributed by atoms with Crippen LogP contribution in [0.15, 0.2) is 0 Å². The Labute approximate surface area is 82.0 Å². The van der Waals surface area contributed by atoms with Crippen LogP contribution in [0, 0.1) is 11.8 Å². The monoisotopic (exact) mass is 188 g/mol. The van der Waals surface area contributed by atoms with Gasteiger partial charge in [-0.25, -0.2) is 0 Å². The minimum atomic E-state index is -0.209. The highest BCUT2D eigenvalue weighted by Crippen LogP contribution is 2.14. The van der Waals surface area contributed by atoms with Gasteiger partial charge in [-0.15, -0.1) is 0 Å². The molecule has 0 aliphatic rings. The maximum atomic E-state index is 9.50. The third-order valence-electron chi connectivity index (χ3n) is 2.54. The first kappa shape index (κ1) is 12.9. The van der Waals surface area contributed by atoms with Crippen LogP contribution < -0.4 is 0 Å². The largest absolute Gasteiger partial charge is 0.393 e. The minimum Gasteiger partial charge on any atom is -0.393 e. The van der Waals surface area contributed by atoms with Gasteiger partial charge in [0.1, 0.15) is 0 Å². The number of aliphatic hydroxyl groups is 2. The van der Waals surface area contributed by atoms with E-state index >= 15 is 0 Å². The van der Waals surface area contributed by atoms with E-state index in [0.717, 1.165) is 19.3 Å². The van der Waals surface area contributed by atoms with E-state index in [0.29, 0.717) is 11.8 Å². The van der Waals surface area contributed by atoms with Crippen molar-refractivity contribution in [2.24, 2.45) is 11.8 Å². The molecular weight excluding hydrogens is 164 g/mol. The Kier molecular flexibility index (Phi) is 6.35. The Morgan fingerprint density at radius 1 is 0.769 bits per heavy atom. The molecule has 2 unspecified atom stereocenters. The van der Waals surface area contributed by atoms with Crippen molar-refractivity contribution in [3.63, 3.8) is 0 Å². The van der Waals surface area contributed by atoms with Gasteiger partial charge in [0.2, 0.25) is 0 Å². The number of aliphatic hydroxyl groups excluding tert-OH is 2. The number of rotatable bonds is 6. The molecule has 0 amide bonds. The first-order valence-electron chi connectivity index (χ1n) is 5.31. The Bertz CT molecular complexity index is 107. The Balaban J connectivity index is 3.45. The van der Waals surface area contributed by atoms with Crippen LogP contribution in [-0.2, 0) is 0 Å².